The second-order valence-corrected chi connectivity index (χ2v) is 10.4. The van der Waals surface area contributed by atoms with E-state index < -0.39 is 11.9 Å². The maximum Gasteiger partial charge on any atom is 0.387 e. The first-order chi connectivity index (χ1) is 19.3. The molecule has 0 spiro atoms. The number of alkyl halides is 2. The zero-order valence-corrected chi connectivity index (χ0v) is 22.9. The van der Waals surface area contributed by atoms with E-state index in [9.17, 15) is 13.6 Å². The number of rotatable bonds is 9. The smallest absolute Gasteiger partial charge is 0.387 e. The summed E-state index contributed by atoms with van der Waals surface area (Å²) >= 11 is 1.26. The van der Waals surface area contributed by atoms with Gasteiger partial charge in [-0.15, -0.1) is 10.2 Å². The Kier molecular flexibility index (Phi) is 8.02. The van der Waals surface area contributed by atoms with Crippen LogP contribution >= 0.6 is 11.8 Å². The van der Waals surface area contributed by atoms with Gasteiger partial charge in [0.05, 0.1) is 5.25 Å². The normalized spacial score (nSPS) is 11.9. The molecule has 0 bridgehead atoms. The van der Waals surface area contributed by atoms with Crippen LogP contribution in [0.1, 0.15) is 28.7 Å². The largest absolute Gasteiger partial charge is 0.435 e. The van der Waals surface area contributed by atoms with E-state index in [1.54, 1.807) is 12.1 Å². The number of halogens is 2. The Morgan fingerprint density at radius 3 is 2.05 bits per heavy atom. The number of Topliss-reactive ketones (excluding diaryl/α,β-unsaturated/α-hetero) is 1. The quantitative estimate of drug-likeness (QED) is 0.138. The summed E-state index contributed by atoms with van der Waals surface area (Å²) in [5.41, 5.74) is 6.09. The lowest BCUT2D eigenvalue weighted by Gasteiger charge is -2.13. The number of hydrogen-bond acceptors (Lipinski definition) is 6. The van der Waals surface area contributed by atoms with E-state index in [0.717, 1.165) is 28.2 Å². The molecule has 40 heavy (non-hydrogen) atoms. The number of aromatic nitrogens is 4. The molecule has 0 aliphatic heterocycles. The molecular weight excluding hydrogens is 530 g/mol. The Morgan fingerprint density at radius 1 is 0.850 bits per heavy atom. The Labute approximate surface area is 235 Å². The maximum absolute atomic E-state index is 13.6. The number of carbonyl (C=O) groups excluding carboxylic acids is 1. The lowest BCUT2D eigenvalue weighted by molar-refractivity contribution is -0.0498. The number of ketones is 1. The first kappa shape index (κ1) is 27.2. The monoisotopic (exact) mass is 556 g/mol. The first-order valence-electron chi connectivity index (χ1n) is 12.6. The number of carbonyl (C=O) groups is 1. The van der Waals surface area contributed by atoms with E-state index in [4.69, 9.17) is 4.98 Å². The van der Waals surface area contributed by atoms with Crippen molar-refractivity contribution in [2.75, 3.05) is 0 Å². The summed E-state index contributed by atoms with van der Waals surface area (Å²) in [6, 6.07) is 27.7. The fourth-order valence-corrected chi connectivity index (χ4v) is 5.35. The van der Waals surface area contributed by atoms with E-state index in [1.807, 2.05) is 92.1 Å². The fraction of sp³-hybridized carbons (Fsp3) is 0.161. The molecule has 0 saturated heterocycles. The van der Waals surface area contributed by atoms with E-state index >= 15 is 0 Å². The van der Waals surface area contributed by atoms with Crippen LogP contribution < -0.4 is 4.74 Å². The molecule has 3 aromatic carbocycles. The highest BCUT2D eigenvalue weighted by Gasteiger charge is 2.24. The summed E-state index contributed by atoms with van der Waals surface area (Å²) in [5, 5.41) is 8.79. The number of aryl methyl sites for hydroxylation is 1. The van der Waals surface area contributed by atoms with Gasteiger partial charge in [0.2, 0.25) is 5.16 Å². The van der Waals surface area contributed by atoms with Gasteiger partial charge in [0.25, 0.3) is 0 Å². The average Bonchev–Trinajstić information content (AvgIpc) is 3.27. The molecule has 6 nitrogen and oxygen atoms in total. The van der Waals surface area contributed by atoms with E-state index in [2.05, 4.69) is 14.9 Å². The summed E-state index contributed by atoms with van der Waals surface area (Å²) in [7, 11) is 0. The van der Waals surface area contributed by atoms with Crippen molar-refractivity contribution >= 4 is 17.5 Å². The number of thioether (sulfide) groups is 1. The third-order valence-corrected chi connectivity index (χ3v) is 7.38. The van der Waals surface area contributed by atoms with E-state index in [1.165, 1.54) is 23.9 Å². The topological polar surface area (TPSA) is 69.9 Å². The molecule has 0 aliphatic carbocycles. The molecule has 202 valence electrons. The van der Waals surface area contributed by atoms with Crippen molar-refractivity contribution in [2.45, 2.75) is 37.8 Å². The molecule has 0 amide bonds. The van der Waals surface area contributed by atoms with Crippen LogP contribution in [-0.2, 0) is 0 Å². The molecule has 0 saturated carbocycles. The zero-order valence-electron chi connectivity index (χ0n) is 22.1. The molecule has 5 aromatic rings. The van der Waals surface area contributed by atoms with E-state index in [0.29, 0.717) is 22.1 Å². The van der Waals surface area contributed by atoms with Crippen molar-refractivity contribution in [1.29, 1.82) is 0 Å². The predicted molar refractivity (Wildman–Crippen MR) is 152 cm³/mol. The number of hydrogen-bond donors (Lipinski definition) is 0. The van der Waals surface area contributed by atoms with Crippen molar-refractivity contribution in [3.8, 4) is 34.0 Å². The molecule has 0 unspecified atom stereocenters. The van der Waals surface area contributed by atoms with Crippen LogP contribution in [0.15, 0.2) is 96.2 Å². The maximum atomic E-state index is 13.6. The van der Waals surface area contributed by atoms with Crippen molar-refractivity contribution < 1.29 is 18.3 Å². The van der Waals surface area contributed by atoms with Gasteiger partial charge in [-0.05, 0) is 51.1 Å². The van der Waals surface area contributed by atoms with Gasteiger partial charge in [0.1, 0.15) is 17.1 Å². The minimum Gasteiger partial charge on any atom is -0.435 e. The van der Waals surface area contributed by atoms with Crippen LogP contribution in [-0.4, -0.2) is 37.4 Å². The van der Waals surface area contributed by atoms with Crippen LogP contribution in [0.5, 0.6) is 5.75 Å². The van der Waals surface area contributed by atoms with Crippen molar-refractivity contribution in [3.05, 3.63) is 108 Å². The van der Waals surface area contributed by atoms with Gasteiger partial charge >= 0.3 is 6.61 Å². The van der Waals surface area contributed by atoms with Crippen LogP contribution in [0.2, 0.25) is 0 Å². The van der Waals surface area contributed by atoms with Gasteiger partial charge < -0.3 is 9.30 Å². The Balaban J connectivity index is 1.41. The van der Waals surface area contributed by atoms with Crippen LogP contribution in [0.3, 0.4) is 0 Å². The number of nitrogens with zero attached hydrogens (tertiary/aromatic N) is 4. The lowest BCUT2D eigenvalue weighted by Crippen LogP contribution is -2.15. The average molecular weight is 557 g/mol. The number of ether oxygens (including phenoxy) is 1. The summed E-state index contributed by atoms with van der Waals surface area (Å²) in [5.74, 6) is 0.00306. The molecule has 9 heteroatoms. The highest BCUT2D eigenvalue weighted by atomic mass is 32.2. The Hall–Kier alpha value is -4.37. The van der Waals surface area contributed by atoms with Crippen LogP contribution in [0.25, 0.3) is 28.2 Å². The van der Waals surface area contributed by atoms with Gasteiger partial charge in [-0.2, -0.15) is 8.78 Å². The van der Waals surface area contributed by atoms with Gasteiger partial charge in [-0.25, -0.2) is 4.98 Å². The molecule has 0 radical (unpaired) electrons. The van der Waals surface area contributed by atoms with Gasteiger partial charge in [-0.1, -0.05) is 72.4 Å². The molecular formula is C31H26F2N4O2S. The van der Waals surface area contributed by atoms with Gasteiger partial charge in [-0.3, -0.25) is 4.79 Å². The second kappa shape index (κ2) is 11.8. The first-order valence-corrected chi connectivity index (χ1v) is 13.5. The zero-order chi connectivity index (χ0) is 28.2. The highest BCUT2D eigenvalue weighted by molar-refractivity contribution is 8.00. The summed E-state index contributed by atoms with van der Waals surface area (Å²) in [6.07, 6.45) is 0. The minimum atomic E-state index is -2.89. The highest BCUT2D eigenvalue weighted by Crippen LogP contribution is 2.32. The standard InChI is InChI=1S/C31H26F2N4O2S/c1-19-18-26(20(2)37(19)24-14-16-25(17-15-24)39-30(32)33)29(38)21(3)40-31-34-27(22-10-6-4-7-11-22)28(35-36-31)23-12-8-5-9-13-23/h4-18,21,30H,1-3H3/t21-/m1/s1. The van der Waals surface area contributed by atoms with Crippen molar-refractivity contribution in [3.63, 3.8) is 0 Å². The lowest BCUT2D eigenvalue weighted by atomic mass is 10.0. The molecule has 0 N–H and O–H groups in total. The molecule has 5 rings (SSSR count). The summed E-state index contributed by atoms with van der Waals surface area (Å²) < 4.78 is 31.4. The number of benzene rings is 3. The summed E-state index contributed by atoms with van der Waals surface area (Å²) in [4.78, 5) is 18.4. The molecule has 0 fully saturated rings. The second-order valence-electron chi connectivity index (χ2n) is 9.14. The third-order valence-electron chi connectivity index (χ3n) is 6.43. The molecule has 0 aliphatic rings. The third kappa shape index (κ3) is 5.79. The fourth-order valence-electron chi connectivity index (χ4n) is 4.57. The van der Waals surface area contributed by atoms with Crippen molar-refractivity contribution in [2.24, 2.45) is 0 Å². The van der Waals surface area contributed by atoms with E-state index in [-0.39, 0.29) is 11.5 Å². The molecule has 2 heterocycles. The molecule has 1 atom stereocenters. The van der Waals surface area contributed by atoms with Gasteiger partial charge in [0, 0.05) is 33.8 Å². The Morgan fingerprint density at radius 2 is 1.45 bits per heavy atom. The Bertz CT molecular complexity index is 1630. The van der Waals surface area contributed by atoms with Gasteiger partial charge in [0.15, 0.2) is 5.78 Å². The summed E-state index contributed by atoms with van der Waals surface area (Å²) in [6.45, 7) is 2.70. The molecule has 2 aromatic heterocycles. The van der Waals surface area contributed by atoms with Crippen LogP contribution in [0, 0.1) is 13.8 Å². The minimum absolute atomic E-state index is 0.0704. The SMILES string of the molecule is Cc1cc(C(=O)[C@@H](C)Sc2nnc(-c3ccccc3)c(-c3ccccc3)n2)c(C)n1-c1ccc(OC(F)F)cc1. The van der Waals surface area contributed by atoms with Crippen molar-refractivity contribution in [1.82, 2.24) is 19.7 Å². The van der Waals surface area contributed by atoms with Crippen LogP contribution in [0.4, 0.5) is 8.78 Å². The predicted octanol–water partition coefficient (Wildman–Crippen LogP) is 7.58.